The lowest BCUT2D eigenvalue weighted by molar-refractivity contribution is 0.0736. The van der Waals surface area contributed by atoms with Crippen LogP contribution >= 0.6 is 23.2 Å². The van der Waals surface area contributed by atoms with Crippen LogP contribution < -0.4 is 4.74 Å². The van der Waals surface area contributed by atoms with E-state index in [4.69, 9.17) is 27.9 Å². The molecular weight excluding hydrogens is 325 g/mol. The van der Waals surface area contributed by atoms with Gasteiger partial charge in [0.1, 0.15) is 12.2 Å². The van der Waals surface area contributed by atoms with Gasteiger partial charge in [-0.1, -0.05) is 35.3 Å². The summed E-state index contributed by atoms with van der Waals surface area (Å²) < 4.78 is 7.46. The minimum atomic E-state index is -0.543. The third kappa shape index (κ3) is 3.38. The third-order valence-electron chi connectivity index (χ3n) is 3.71. The fraction of sp³-hybridized carbons (Fsp3) is 0.400. The molecule has 0 amide bonds. The Labute approximate surface area is 139 Å². The molecule has 1 saturated heterocycles. The number of nitrogens with zero attached hydrogens (tertiary/aromatic N) is 3. The highest BCUT2D eigenvalue weighted by atomic mass is 35.5. The first-order valence-corrected chi connectivity index (χ1v) is 7.77. The van der Waals surface area contributed by atoms with Gasteiger partial charge in [0.05, 0.1) is 22.4 Å². The first-order chi connectivity index (χ1) is 10.5. The zero-order valence-electron chi connectivity index (χ0n) is 12.1. The molecule has 3 rings (SSSR count). The van der Waals surface area contributed by atoms with E-state index in [1.807, 2.05) is 19.2 Å². The highest BCUT2D eigenvalue weighted by molar-refractivity contribution is 6.42. The fourth-order valence-corrected chi connectivity index (χ4v) is 3.00. The van der Waals surface area contributed by atoms with Crippen LogP contribution in [0.4, 0.5) is 0 Å². The number of aryl methyl sites for hydroxylation is 1. The standard InChI is InChI=1S/C15H17Cl2N3O2/c1-19-7-11(5-18-19)22-14-9-20(8-13(14)21)6-10-3-2-4-12(16)15(10)17/h2-5,7,13-14,21H,6,8-9H2,1H3/t13-,14-/m1/s1. The SMILES string of the molecule is Cn1cc(O[C@@H]2CN(Cc3cccc(Cl)c3Cl)C[C@H]2O)cn1. The Kier molecular flexibility index (Phi) is 4.59. The molecule has 0 spiro atoms. The van der Waals surface area contributed by atoms with Crippen LogP contribution in [0.15, 0.2) is 30.6 Å². The van der Waals surface area contributed by atoms with E-state index in [0.717, 1.165) is 5.56 Å². The number of aliphatic hydroxyl groups is 1. The molecule has 2 aromatic rings. The number of benzene rings is 1. The third-order valence-corrected chi connectivity index (χ3v) is 4.56. The highest BCUT2D eigenvalue weighted by Crippen LogP contribution is 2.28. The molecule has 5 nitrogen and oxygen atoms in total. The smallest absolute Gasteiger partial charge is 0.157 e. The van der Waals surface area contributed by atoms with Gasteiger partial charge in [-0.05, 0) is 11.6 Å². The summed E-state index contributed by atoms with van der Waals surface area (Å²) >= 11 is 12.2. The lowest BCUT2D eigenvalue weighted by atomic mass is 10.2. The van der Waals surface area contributed by atoms with Crippen LogP contribution in [-0.2, 0) is 13.6 Å². The van der Waals surface area contributed by atoms with E-state index in [2.05, 4.69) is 10.00 Å². The predicted molar refractivity (Wildman–Crippen MR) is 85.4 cm³/mol. The van der Waals surface area contributed by atoms with Crippen LogP contribution in [0.5, 0.6) is 5.75 Å². The van der Waals surface area contributed by atoms with Crippen LogP contribution in [0.3, 0.4) is 0 Å². The summed E-state index contributed by atoms with van der Waals surface area (Å²) in [7, 11) is 1.82. The Morgan fingerprint density at radius 3 is 2.91 bits per heavy atom. The van der Waals surface area contributed by atoms with Gasteiger partial charge in [0.2, 0.25) is 0 Å². The number of rotatable bonds is 4. The van der Waals surface area contributed by atoms with Gasteiger partial charge in [-0.2, -0.15) is 5.10 Å². The van der Waals surface area contributed by atoms with Crippen molar-refractivity contribution in [2.24, 2.45) is 7.05 Å². The largest absolute Gasteiger partial charge is 0.483 e. The van der Waals surface area contributed by atoms with Crippen LogP contribution in [0.1, 0.15) is 5.56 Å². The maximum atomic E-state index is 10.2. The van der Waals surface area contributed by atoms with Crippen molar-refractivity contribution >= 4 is 23.2 Å². The van der Waals surface area contributed by atoms with Crippen molar-refractivity contribution < 1.29 is 9.84 Å². The van der Waals surface area contributed by atoms with Gasteiger partial charge in [0.15, 0.2) is 5.75 Å². The van der Waals surface area contributed by atoms with Crippen molar-refractivity contribution in [2.75, 3.05) is 13.1 Å². The predicted octanol–water partition coefficient (Wildman–Crippen LogP) is 2.35. The summed E-state index contributed by atoms with van der Waals surface area (Å²) in [5, 5.41) is 15.3. The van der Waals surface area contributed by atoms with E-state index in [9.17, 15) is 5.11 Å². The maximum absolute atomic E-state index is 10.2. The topological polar surface area (TPSA) is 50.5 Å². The molecular formula is C15H17Cl2N3O2. The molecule has 2 atom stereocenters. The molecule has 22 heavy (non-hydrogen) atoms. The van der Waals surface area contributed by atoms with Crippen molar-refractivity contribution in [1.29, 1.82) is 0 Å². The van der Waals surface area contributed by atoms with Gasteiger partial charge in [0.25, 0.3) is 0 Å². The molecule has 0 bridgehead atoms. The van der Waals surface area contributed by atoms with Gasteiger partial charge < -0.3 is 9.84 Å². The van der Waals surface area contributed by atoms with Gasteiger partial charge in [-0.25, -0.2) is 0 Å². The average molecular weight is 342 g/mol. The quantitative estimate of drug-likeness (QED) is 0.927. The Balaban J connectivity index is 1.64. The average Bonchev–Trinajstić information content (AvgIpc) is 3.02. The lowest BCUT2D eigenvalue weighted by Gasteiger charge is -2.17. The van der Waals surface area contributed by atoms with E-state index in [-0.39, 0.29) is 6.10 Å². The van der Waals surface area contributed by atoms with Gasteiger partial charge in [0, 0.05) is 26.7 Å². The number of aromatic nitrogens is 2. The number of halogens is 2. The summed E-state index contributed by atoms with van der Waals surface area (Å²) in [5.74, 6) is 0.661. The van der Waals surface area contributed by atoms with Crippen molar-refractivity contribution in [3.63, 3.8) is 0 Å². The van der Waals surface area contributed by atoms with Crippen molar-refractivity contribution in [1.82, 2.24) is 14.7 Å². The zero-order chi connectivity index (χ0) is 15.7. The Morgan fingerprint density at radius 1 is 1.36 bits per heavy atom. The summed E-state index contributed by atoms with van der Waals surface area (Å²) in [6, 6.07) is 5.58. The number of likely N-dealkylation sites (tertiary alicyclic amines) is 1. The zero-order valence-corrected chi connectivity index (χ0v) is 13.6. The molecule has 1 aromatic heterocycles. The lowest BCUT2D eigenvalue weighted by Crippen LogP contribution is -2.29. The van der Waals surface area contributed by atoms with E-state index in [0.29, 0.717) is 35.4 Å². The molecule has 0 saturated carbocycles. The number of β-amino-alcohol motifs (C(OH)–C–C–N with tert-alkyl or cyclic N) is 1. The fourth-order valence-electron chi connectivity index (χ4n) is 2.62. The number of hydrogen-bond acceptors (Lipinski definition) is 4. The van der Waals surface area contributed by atoms with Gasteiger partial charge in [-0.3, -0.25) is 9.58 Å². The van der Waals surface area contributed by atoms with E-state index in [1.54, 1.807) is 23.1 Å². The summed E-state index contributed by atoms with van der Waals surface area (Å²) in [4.78, 5) is 2.10. The highest BCUT2D eigenvalue weighted by Gasteiger charge is 2.33. The molecule has 0 aliphatic carbocycles. The molecule has 1 fully saturated rings. The number of aliphatic hydroxyl groups excluding tert-OH is 1. The van der Waals surface area contributed by atoms with Crippen molar-refractivity contribution in [3.8, 4) is 5.75 Å². The molecule has 0 radical (unpaired) electrons. The molecule has 1 aromatic carbocycles. The van der Waals surface area contributed by atoms with Crippen molar-refractivity contribution in [2.45, 2.75) is 18.8 Å². The monoisotopic (exact) mass is 341 g/mol. The van der Waals surface area contributed by atoms with Gasteiger partial charge in [-0.15, -0.1) is 0 Å². The molecule has 1 aliphatic rings. The number of hydrogen-bond donors (Lipinski definition) is 1. The summed E-state index contributed by atoms with van der Waals surface area (Å²) in [6.45, 7) is 1.79. The second kappa shape index (κ2) is 6.46. The van der Waals surface area contributed by atoms with E-state index in [1.165, 1.54) is 0 Å². The molecule has 7 heteroatoms. The summed E-state index contributed by atoms with van der Waals surface area (Å²) in [5.41, 5.74) is 0.948. The molecule has 1 aliphatic heterocycles. The Morgan fingerprint density at radius 2 is 2.18 bits per heavy atom. The molecule has 0 unspecified atom stereocenters. The second-order valence-electron chi connectivity index (χ2n) is 5.48. The summed E-state index contributed by atoms with van der Waals surface area (Å²) in [6.07, 6.45) is 2.60. The Bertz CT molecular complexity index is 662. The van der Waals surface area contributed by atoms with Crippen LogP contribution in [0.2, 0.25) is 10.0 Å². The van der Waals surface area contributed by atoms with E-state index < -0.39 is 6.10 Å². The minimum Gasteiger partial charge on any atom is -0.483 e. The molecule has 1 N–H and O–H groups in total. The van der Waals surface area contributed by atoms with Crippen LogP contribution in [0.25, 0.3) is 0 Å². The first-order valence-electron chi connectivity index (χ1n) is 7.01. The molecule has 118 valence electrons. The normalized spacial score (nSPS) is 22.2. The van der Waals surface area contributed by atoms with Crippen LogP contribution in [-0.4, -0.2) is 45.1 Å². The maximum Gasteiger partial charge on any atom is 0.157 e. The van der Waals surface area contributed by atoms with Gasteiger partial charge >= 0.3 is 0 Å². The minimum absolute atomic E-state index is 0.276. The second-order valence-corrected chi connectivity index (χ2v) is 6.27. The Hall–Kier alpha value is -1.27. The first kappa shape index (κ1) is 15.6. The van der Waals surface area contributed by atoms with Crippen molar-refractivity contribution in [3.05, 3.63) is 46.2 Å². The number of ether oxygens (including phenoxy) is 1. The molecule has 2 heterocycles. The van der Waals surface area contributed by atoms with E-state index >= 15 is 0 Å². The van der Waals surface area contributed by atoms with Crippen LogP contribution in [0, 0.1) is 0 Å².